The number of nitrogens with zero attached hydrogens (tertiary/aromatic N) is 5. The van der Waals surface area contributed by atoms with Crippen molar-refractivity contribution < 1.29 is 4.79 Å². The highest BCUT2D eigenvalue weighted by Crippen LogP contribution is 2.17. The van der Waals surface area contributed by atoms with E-state index in [1.165, 1.54) is 0 Å². The second-order valence-corrected chi connectivity index (χ2v) is 6.10. The van der Waals surface area contributed by atoms with Crippen LogP contribution in [0.5, 0.6) is 0 Å². The van der Waals surface area contributed by atoms with Crippen LogP contribution >= 0.6 is 24.8 Å². The zero-order chi connectivity index (χ0) is 16.5. The summed E-state index contributed by atoms with van der Waals surface area (Å²) in [5.41, 5.74) is 8.98. The Bertz CT molecular complexity index is 885. The van der Waals surface area contributed by atoms with Crippen LogP contribution in [0.15, 0.2) is 43.1 Å². The van der Waals surface area contributed by atoms with Crippen molar-refractivity contribution in [3.8, 4) is 0 Å². The van der Waals surface area contributed by atoms with Crippen LogP contribution in [0.1, 0.15) is 22.3 Å². The zero-order valence-electron chi connectivity index (χ0n) is 14.0. The molecule has 0 aromatic carbocycles. The van der Waals surface area contributed by atoms with Crippen molar-refractivity contribution in [2.24, 2.45) is 5.73 Å². The predicted octanol–water partition coefficient (Wildman–Crippen LogP) is 1.89. The fourth-order valence-corrected chi connectivity index (χ4v) is 3.02. The molecule has 1 amide bonds. The quantitative estimate of drug-likeness (QED) is 0.732. The molecule has 1 atom stereocenters. The number of carbonyl (C=O) groups excluding carboxylic acids is 1. The van der Waals surface area contributed by atoms with E-state index in [2.05, 4.69) is 15.0 Å². The molecule has 1 aliphatic heterocycles. The summed E-state index contributed by atoms with van der Waals surface area (Å²) in [6.07, 6.45) is 7.78. The second-order valence-electron chi connectivity index (χ2n) is 6.10. The molecule has 0 spiro atoms. The standard InChI is InChI=1S/C17H18N6O.2ClH/c18-14-3-5-22(10-14)17(24)13-6-15-16(20-8-13)23(11-21-15)9-12-2-1-4-19-7-12;;/h1-2,4,6-8,11,14H,3,5,9-10,18H2;2*1H. The first kappa shape index (κ1) is 20.1. The first-order chi connectivity index (χ1) is 11.7. The van der Waals surface area contributed by atoms with E-state index in [9.17, 15) is 4.79 Å². The number of hydrogen-bond acceptors (Lipinski definition) is 5. The van der Waals surface area contributed by atoms with E-state index in [1.807, 2.05) is 22.9 Å². The van der Waals surface area contributed by atoms with Crippen molar-refractivity contribution in [1.29, 1.82) is 0 Å². The summed E-state index contributed by atoms with van der Waals surface area (Å²) in [5.74, 6) is -0.0286. The molecule has 0 bridgehead atoms. The Morgan fingerprint density at radius 2 is 2.12 bits per heavy atom. The second kappa shape index (κ2) is 8.44. The number of likely N-dealkylation sites (tertiary alicyclic amines) is 1. The molecule has 1 unspecified atom stereocenters. The van der Waals surface area contributed by atoms with Crippen molar-refractivity contribution in [1.82, 2.24) is 24.4 Å². The lowest BCUT2D eigenvalue weighted by atomic mass is 10.2. The zero-order valence-corrected chi connectivity index (χ0v) is 15.6. The highest BCUT2D eigenvalue weighted by Gasteiger charge is 2.25. The summed E-state index contributed by atoms with van der Waals surface area (Å²) in [6, 6.07) is 5.78. The minimum atomic E-state index is -0.0286. The summed E-state index contributed by atoms with van der Waals surface area (Å²) in [6.45, 7) is 1.95. The molecule has 7 nitrogen and oxygen atoms in total. The number of halogens is 2. The third-order valence-corrected chi connectivity index (χ3v) is 4.29. The first-order valence-corrected chi connectivity index (χ1v) is 7.95. The maximum absolute atomic E-state index is 12.5. The summed E-state index contributed by atoms with van der Waals surface area (Å²) in [4.78, 5) is 27.3. The maximum Gasteiger partial charge on any atom is 0.255 e. The lowest BCUT2D eigenvalue weighted by molar-refractivity contribution is 0.0790. The van der Waals surface area contributed by atoms with E-state index in [4.69, 9.17) is 5.73 Å². The minimum Gasteiger partial charge on any atom is -0.337 e. The maximum atomic E-state index is 12.5. The van der Waals surface area contributed by atoms with Gasteiger partial charge in [0.05, 0.1) is 18.4 Å². The number of rotatable bonds is 3. The molecule has 1 fully saturated rings. The fourth-order valence-electron chi connectivity index (χ4n) is 3.02. The fraction of sp³-hybridized carbons (Fsp3) is 0.294. The van der Waals surface area contributed by atoms with Gasteiger partial charge in [0.2, 0.25) is 0 Å². The van der Waals surface area contributed by atoms with Gasteiger partial charge in [-0.3, -0.25) is 9.78 Å². The molecule has 0 aliphatic carbocycles. The summed E-state index contributed by atoms with van der Waals surface area (Å²) in [5, 5.41) is 0. The Kier molecular flexibility index (Phi) is 6.52. The largest absolute Gasteiger partial charge is 0.337 e. The molecule has 26 heavy (non-hydrogen) atoms. The molecule has 1 saturated heterocycles. The van der Waals surface area contributed by atoms with Crippen LogP contribution in [0.4, 0.5) is 0 Å². The van der Waals surface area contributed by atoms with E-state index in [0.29, 0.717) is 30.7 Å². The smallest absolute Gasteiger partial charge is 0.255 e. The lowest BCUT2D eigenvalue weighted by Crippen LogP contribution is -2.31. The van der Waals surface area contributed by atoms with Crippen molar-refractivity contribution >= 4 is 41.9 Å². The molecular weight excluding hydrogens is 375 g/mol. The molecule has 0 radical (unpaired) electrons. The molecule has 2 N–H and O–H groups in total. The molecule has 9 heteroatoms. The Balaban J connectivity index is 0.00000121. The van der Waals surface area contributed by atoms with Crippen LogP contribution in [0, 0.1) is 0 Å². The number of nitrogens with two attached hydrogens (primary N) is 1. The van der Waals surface area contributed by atoms with Gasteiger partial charge in [0.25, 0.3) is 5.91 Å². The van der Waals surface area contributed by atoms with Gasteiger partial charge in [-0.15, -0.1) is 24.8 Å². The van der Waals surface area contributed by atoms with Gasteiger partial charge in [0.15, 0.2) is 5.65 Å². The molecule has 4 heterocycles. The molecule has 3 aromatic rings. The lowest BCUT2D eigenvalue weighted by Gasteiger charge is -2.15. The monoisotopic (exact) mass is 394 g/mol. The van der Waals surface area contributed by atoms with Crippen molar-refractivity contribution in [3.63, 3.8) is 0 Å². The van der Waals surface area contributed by atoms with Gasteiger partial charge in [-0.05, 0) is 24.1 Å². The normalized spacial score (nSPS) is 16.2. The average molecular weight is 395 g/mol. The van der Waals surface area contributed by atoms with Crippen LogP contribution in [0.2, 0.25) is 0 Å². The number of aromatic nitrogens is 4. The average Bonchev–Trinajstić information content (AvgIpc) is 3.21. The molecule has 138 valence electrons. The molecule has 3 aromatic heterocycles. The number of fused-ring (bicyclic) bond motifs is 1. The molecule has 1 aliphatic rings. The Hall–Kier alpha value is -2.22. The van der Waals surface area contributed by atoms with E-state index in [1.54, 1.807) is 29.7 Å². The predicted molar refractivity (Wildman–Crippen MR) is 104 cm³/mol. The number of hydrogen-bond donors (Lipinski definition) is 1. The summed E-state index contributed by atoms with van der Waals surface area (Å²) < 4.78 is 1.95. The third kappa shape index (κ3) is 3.95. The topological polar surface area (TPSA) is 89.9 Å². The van der Waals surface area contributed by atoms with E-state index >= 15 is 0 Å². The number of pyridine rings is 2. The van der Waals surface area contributed by atoms with E-state index in [0.717, 1.165) is 17.6 Å². The van der Waals surface area contributed by atoms with Crippen molar-refractivity contribution in [2.45, 2.75) is 19.0 Å². The number of amides is 1. The van der Waals surface area contributed by atoms with Crippen LogP contribution in [0.25, 0.3) is 11.2 Å². The van der Waals surface area contributed by atoms with Gasteiger partial charge in [-0.1, -0.05) is 6.07 Å². The molecular formula is C17H20Cl2N6O. The summed E-state index contributed by atoms with van der Waals surface area (Å²) in [7, 11) is 0. The van der Waals surface area contributed by atoms with E-state index < -0.39 is 0 Å². The summed E-state index contributed by atoms with van der Waals surface area (Å²) >= 11 is 0. The van der Waals surface area contributed by atoms with Gasteiger partial charge in [-0.2, -0.15) is 0 Å². The molecule has 0 saturated carbocycles. The van der Waals surface area contributed by atoms with Crippen molar-refractivity contribution in [2.75, 3.05) is 13.1 Å². The van der Waals surface area contributed by atoms with Gasteiger partial charge < -0.3 is 15.2 Å². The molecule has 4 rings (SSSR count). The first-order valence-electron chi connectivity index (χ1n) is 7.95. The van der Waals surface area contributed by atoms with Crippen LogP contribution < -0.4 is 5.73 Å². The minimum absolute atomic E-state index is 0. The van der Waals surface area contributed by atoms with Gasteiger partial charge in [0, 0.05) is 37.7 Å². The van der Waals surface area contributed by atoms with E-state index in [-0.39, 0.29) is 36.8 Å². The number of imidazole rings is 1. The third-order valence-electron chi connectivity index (χ3n) is 4.29. The van der Waals surface area contributed by atoms with Gasteiger partial charge in [0.1, 0.15) is 5.52 Å². The van der Waals surface area contributed by atoms with Crippen LogP contribution in [-0.2, 0) is 6.54 Å². The Morgan fingerprint density at radius 1 is 1.27 bits per heavy atom. The van der Waals surface area contributed by atoms with Gasteiger partial charge >= 0.3 is 0 Å². The SMILES string of the molecule is Cl.Cl.NC1CCN(C(=O)c2cnc3c(c2)ncn3Cc2cccnc2)C1. The Morgan fingerprint density at radius 3 is 2.81 bits per heavy atom. The number of carbonyl (C=O) groups is 1. The van der Waals surface area contributed by atoms with Crippen LogP contribution in [-0.4, -0.2) is 49.5 Å². The van der Waals surface area contributed by atoms with Gasteiger partial charge in [-0.25, -0.2) is 9.97 Å². The highest BCUT2D eigenvalue weighted by molar-refractivity contribution is 5.96. The van der Waals surface area contributed by atoms with Crippen molar-refractivity contribution in [3.05, 3.63) is 54.2 Å². The highest BCUT2D eigenvalue weighted by atomic mass is 35.5. The van der Waals surface area contributed by atoms with Crippen LogP contribution in [0.3, 0.4) is 0 Å². The Labute approximate surface area is 163 Å².